The molecule has 0 fully saturated rings. The fraction of sp³-hybridized carbons (Fsp3) is 0.182. The number of methoxy groups -OCH3 is 2. The van der Waals surface area contributed by atoms with Gasteiger partial charge in [-0.3, -0.25) is 4.79 Å². The molecule has 0 saturated heterocycles. The van der Waals surface area contributed by atoms with Crippen molar-refractivity contribution >= 4 is 26.9 Å². The molecule has 0 atom stereocenters. The van der Waals surface area contributed by atoms with Crippen LogP contribution in [0.15, 0.2) is 32.1 Å². The Hall–Kier alpha value is -1.49. The summed E-state index contributed by atoms with van der Waals surface area (Å²) in [5, 5.41) is 0.451. The minimum atomic E-state index is -0.137. The van der Waals surface area contributed by atoms with Crippen molar-refractivity contribution < 1.29 is 13.9 Å². The molecule has 0 aliphatic heterocycles. The minimum absolute atomic E-state index is 0.137. The number of fused-ring (bicyclic) bond motifs is 1. The summed E-state index contributed by atoms with van der Waals surface area (Å²) in [5.41, 5.74) is 0.247. The quantitative estimate of drug-likeness (QED) is 0.851. The molecule has 0 aliphatic carbocycles. The molecule has 1 heterocycles. The maximum Gasteiger partial charge on any atom is 0.207 e. The SMILES string of the molecule is COc1ccc2c(=O)c(Br)coc2c1OC. The van der Waals surface area contributed by atoms with Gasteiger partial charge < -0.3 is 13.9 Å². The number of ether oxygens (including phenoxy) is 2. The Balaban J connectivity index is 2.90. The lowest BCUT2D eigenvalue weighted by Gasteiger charge is -2.08. The van der Waals surface area contributed by atoms with Crippen LogP contribution in [0.5, 0.6) is 11.5 Å². The standard InChI is InChI=1S/C11H9BrO4/c1-14-8-4-3-6-9(13)7(12)5-16-10(6)11(8)15-2/h3-5H,1-2H3. The van der Waals surface area contributed by atoms with Crippen molar-refractivity contribution in [2.24, 2.45) is 0 Å². The van der Waals surface area contributed by atoms with Gasteiger partial charge in [0.05, 0.1) is 19.6 Å². The van der Waals surface area contributed by atoms with Crippen LogP contribution < -0.4 is 14.9 Å². The van der Waals surface area contributed by atoms with Gasteiger partial charge in [0.15, 0.2) is 11.3 Å². The summed E-state index contributed by atoms with van der Waals surface area (Å²) >= 11 is 3.12. The zero-order valence-electron chi connectivity index (χ0n) is 8.74. The molecule has 0 aliphatic rings. The van der Waals surface area contributed by atoms with Crippen LogP contribution in [-0.2, 0) is 0 Å². The van der Waals surface area contributed by atoms with Gasteiger partial charge >= 0.3 is 0 Å². The van der Waals surface area contributed by atoms with Gasteiger partial charge in [-0.1, -0.05) is 0 Å². The highest BCUT2D eigenvalue weighted by molar-refractivity contribution is 9.10. The fourth-order valence-corrected chi connectivity index (χ4v) is 1.79. The molecule has 0 N–H and O–H groups in total. The monoisotopic (exact) mass is 284 g/mol. The zero-order valence-corrected chi connectivity index (χ0v) is 10.3. The third-order valence-corrected chi connectivity index (χ3v) is 2.79. The van der Waals surface area contributed by atoms with Gasteiger partial charge in [-0.2, -0.15) is 0 Å². The maximum absolute atomic E-state index is 11.8. The smallest absolute Gasteiger partial charge is 0.207 e. The number of halogens is 1. The van der Waals surface area contributed by atoms with E-state index in [-0.39, 0.29) is 5.43 Å². The Kier molecular flexibility index (Phi) is 2.87. The number of rotatable bonds is 2. The van der Waals surface area contributed by atoms with Gasteiger partial charge in [0, 0.05) is 0 Å². The molecule has 1 aromatic heterocycles. The van der Waals surface area contributed by atoms with E-state index >= 15 is 0 Å². The van der Waals surface area contributed by atoms with Gasteiger partial charge in [-0.05, 0) is 28.1 Å². The Bertz CT molecular complexity index is 588. The van der Waals surface area contributed by atoms with E-state index in [9.17, 15) is 4.79 Å². The van der Waals surface area contributed by atoms with Crippen molar-refractivity contribution in [3.8, 4) is 11.5 Å². The van der Waals surface area contributed by atoms with Crippen molar-refractivity contribution in [1.29, 1.82) is 0 Å². The van der Waals surface area contributed by atoms with Gasteiger partial charge in [0.2, 0.25) is 11.2 Å². The lowest BCUT2D eigenvalue weighted by atomic mass is 10.2. The number of benzene rings is 1. The van der Waals surface area contributed by atoms with Crippen LogP contribution in [0.4, 0.5) is 0 Å². The highest BCUT2D eigenvalue weighted by Crippen LogP contribution is 2.34. The molecule has 0 radical (unpaired) electrons. The van der Waals surface area contributed by atoms with E-state index in [1.54, 1.807) is 12.1 Å². The molecule has 16 heavy (non-hydrogen) atoms. The first kappa shape index (κ1) is 11.0. The van der Waals surface area contributed by atoms with Crippen molar-refractivity contribution in [3.05, 3.63) is 33.1 Å². The van der Waals surface area contributed by atoms with E-state index in [1.165, 1.54) is 20.5 Å². The number of hydrogen-bond acceptors (Lipinski definition) is 4. The highest BCUT2D eigenvalue weighted by atomic mass is 79.9. The van der Waals surface area contributed by atoms with Crippen LogP contribution in [0.25, 0.3) is 11.0 Å². The molecule has 2 rings (SSSR count). The lowest BCUT2D eigenvalue weighted by molar-refractivity contribution is 0.353. The van der Waals surface area contributed by atoms with Crippen LogP contribution in [0.1, 0.15) is 0 Å². The van der Waals surface area contributed by atoms with Gasteiger partial charge in [-0.15, -0.1) is 0 Å². The van der Waals surface area contributed by atoms with Gasteiger partial charge in [0.25, 0.3) is 0 Å². The van der Waals surface area contributed by atoms with Crippen LogP contribution in [-0.4, -0.2) is 14.2 Å². The largest absolute Gasteiger partial charge is 0.493 e. The molecule has 1 aromatic carbocycles. The Morgan fingerprint density at radius 2 is 2.00 bits per heavy atom. The summed E-state index contributed by atoms with van der Waals surface area (Å²) in [5.74, 6) is 0.949. The molecule has 0 unspecified atom stereocenters. The summed E-state index contributed by atoms with van der Waals surface area (Å²) in [6.07, 6.45) is 1.34. The second-order valence-electron chi connectivity index (χ2n) is 3.09. The third-order valence-electron chi connectivity index (χ3n) is 2.24. The average molecular weight is 285 g/mol. The van der Waals surface area contributed by atoms with Crippen LogP contribution >= 0.6 is 15.9 Å². The Labute approximate surface area is 99.9 Å². The minimum Gasteiger partial charge on any atom is -0.493 e. The van der Waals surface area contributed by atoms with Crippen LogP contribution in [0, 0.1) is 0 Å². The summed E-state index contributed by atoms with van der Waals surface area (Å²) in [4.78, 5) is 11.8. The van der Waals surface area contributed by atoms with E-state index in [2.05, 4.69) is 15.9 Å². The topological polar surface area (TPSA) is 48.7 Å². The highest BCUT2D eigenvalue weighted by Gasteiger charge is 2.14. The second-order valence-corrected chi connectivity index (χ2v) is 3.94. The third kappa shape index (κ3) is 1.57. The van der Waals surface area contributed by atoms with Crippen molar-refractivity contribution in [2.45, 2.75) is 0 Å². The maximum atomic E-state index is 11.8. The van der Waals surface area contributed by atoms with Crippen LogP contribution in [0.3, 0.4) is 0 Å². The number of hydrogen-bond donors (Lipinski definition) is 0. The average Bonchev–Trinajstić information content (AvgIpc) is 2.32. The second kappa shape index (κ2) is 4.17. The van der Waals surface area contributed by atoms with E-state index < -0.39 is 0 Å². The van der Waals surface area contributed by atoms with Gasteiger partial charge in [0.1, 0.15) is 10.7 Å². The van der Waals surface area contributed by atoms with Crippen molar-refractivity contribution in [2.75, 3.05) is 14.2 Å². The summed E-state index contributed by atoms with van der Waals surface area (Å²) in [7, 11) is 3.03. The molecule has 0 bridgehead atoms. The molecule has 0 amide bonds. The summed E-state index contributed by atoms with van der Waals surface area (Å²) < 4.78 is 16.0. The Morgan fingerprint density at radius 1 is 1.25 bits per heavy atom. The first-order valence-corrected chi connectivity index (χ1v) is 5.30. The summed E-state index contributed by atoms with van der Waals surface area (Å²) in [6, 6.07) is 3.32. The van der Waals surface area contributed by atoms with Crippen molar-refractivity contribution in [3.63, 3.8) is 0 Å². The molecule has 2 aromatic rings. The fourth-order valence-electron chi connectivity index (χ4n) is 1.49. The molecular formula is C11H9BrO4. The molecule has 0 spiro atoms. The first-order valence-electron chi connectivity index (χ1n) is 4.51. The molecule has 4 nitrogen and oxygen atoms in total. The molecular weight excluding hydrogens is 276 g/mol. The van der Waals surface area contributed by atoms with Crippen LogP contribution in [0.2, 0.25) is 0 Å². The predicted molar refractivity (Wildman–Crippen MR) is 63.3 cm³/mol. The van der Waals surface area contributed by atoms with E-state index in [4.69, 9.17) is 13.9 Å². The first-order chi connectivity index (χ1) is 7.69. The molecule has 5 heteroatoms. The zero-order chi connectivity index (χ0) is 11.7. The Morgan fingerprint density at radius 3 is 2.62 bits per heavy atom. The molecule has 84 valence electrons. The lowest BCUT2D eigenvalue weighted by Crippen LogP contribution is -2.03. The molecule has 0 saturated carbocycles. The normalized spacial score (nSPS) is 10.4. The van der Waals surface area contributed by atoms with Crippen molar-refractivity contribution in [1.82, 2.24) is 0 Å². The van der Waals surface area contributed by atoms with Gasteiger partial charge in [-0.25, -0.2) is 0 Å². The van der Waals surface area contributed by atoms with E-state index in [0.717, 1.165) is 0 Å². The summed E-state index contributed by atoms with van der Waals surface area (Å²) in [6.45, 7) is 0. The van der Waals surface area contributed by atoms with E-state index in [1.807, 2.05) is 0 Å². The predicted octanol–water partition coefficient (Wildman–Crippen LogP) is 2.57. The van der Waals surface area contributed by atoms with E-state index in [0.29, 0.717) is 26.9 Å².